The Bertz CT molecular complexity index is 332. The number of unbranched alkanes of at least 4 members (excludes halogenated alkanes) is 4. The van der Waals surface area contributed by atoms with Gasteiger partial charge in [-0.15, -0.1) is 12.4 Å². The Kier molecular flexibility index (Phi) is 11.7. The van der Waals surface area contributed by atoms with Crippen molar-refractivity contribution in [2.45, 2.75) is 51.6 Å². The van der Waals surface area contributed by atoms with Crippen LogP contribution in [-0.2, 0) is 0 Å². The molecule has 0 bridgehead atoms. The van der Waals surface area contributed by atoms with Crippen molar-refractivity contribution in [2.24, 2.45) is 0 Å². The maximum atomic E-state index is 12.7. The van der Waals surface area contributed by atoms with Gasteiger partial charge in [-0.25, -0.2) is 4.39 Å². The van der Waals surface area contributed by atoms with E-state index in [1.165, 1.54) is 44.2 Å². The Morgan fingerprint density at radius 2 is 1.70 bits per heavy atom. The molecule has 0 heterocycles. The Balaban J connectivity index is 0.00000361. The molecule has 1 rings (SSSR count). The first-order valence-corrected chi connectivity index (χ1v) is 7.38. The number of rotatable bonds is 10. The summed E-state index contributed by atoms with van der Waals surface area (Å²) in [5, 5.41) is 13.3. The monoisotopic (exact) mass is 303 g/mol. The van der Waals surface area contributed by atoms with Crippen LogP contribution in [0.4, 0.5) is 4.39 Å². The van der Waals surface area contributed by atoms with Crippen molar-refractivity contribution in [3.05, 3.63) is 35.6 Å². The molecule has 2 nitrogen and oxygen atoms in total. The molecule has 0 saturated carbocycles. The van der Waals surface area contributed by atoms with Crippen LogP contribution in [0.1, 0.15) is 57.1 Å². The minimum Gasteiger partial charge on any atom is -0.388 e. The number of nitrogens with one attached hydrogen (secondary N) is 1. The SMILES string of the molecule is CCCCCCCNCCC(O)c1ccc(F)cc1.Cl. The van der Waals surface area contributed by atoms with Gasteiger partial charge in [-0.2, -0.15) is 0 Å². The van der Waals surface area contributed by atoms with Gasteiger partial charge in [0.05, 0.1) is 6.10 Å². The third kappa shape index (κ3) is 8.51. The van der Waals surface area contributed by atoms with Crippen LogP contribution in [-0.4, -0.2) is 18.2 Å². The van der Waals surface area contributed by atoms with E-state index in [4.69, 9.17) is 0 Å². The molecule has 0 amide bonds. The zero-order chi connectivity index (χ0) is 13.9. The van der Waals surface area contributed by atoms with Crippen LogP contribution in [0.25, 0.3) is 0 Å². The van der Waals surface area contributed by atoms with Gasteiger partial charge in [-0.3, -0.25) is 0 Å². The van der Waals surface area contributed by atoms with Crippen LogP contribution < -0.4 is 5.32 Å². The van der Waals surface area contributed by atoms with E-state index in [1.54, 1.807) is 12.1 Å². The third-order valence-corrected chi connectivity index (χ3v) is 3.31. The van der Waals surface area contributed by atoms with Crippen LogP contribution in [0.3, 0.4) is 0 Å². The minimum atomic E-state index is -0.506. The van der Waals surface area contributed by atoms with Crippen molar-refractivity contribution >= 4 is 12.4 Å². The number of halogens is 2. The van der Waals surface area contributed by atoms with Gasteiger partial charge in [-0.05, 0) is 43.6 Å². The van der Waals surface area contributed by atoms with Gasteiger partial charge in [0, 0.05) is 0 Å². The summed E-state index contributed by atoms with van der Waals surface area (Å²) in [6, 6.07) is 6.06. The highest BCUT2D eigenvalue weighted by molar-refractivity contribution is 5.85. The maximum absolute atomic E-state index is 12.7. The Morgan fingerprint density at radius 1 is 1.05 bits per heavy atom. The molecule has 0 aliphatic heterocycles. The predicted octanol–water partition coefficient (Wildman–Crippen LogP) is 4.23. The fourth-order valence-corrected chi connectivity index (χ4v) is 2.07. The van der Waals surface area contributed by atoms with Gasteiger partial charge in [0.1, 0.15) is 5.82 Å². The van der Waals surface area contributed by atoms with Crippen molar-refractivity contribution in [3.63, 3.8) is 0 Å². The number of hydrogen-bond donors (Lipinski definition) is 2. The summed E-state index contributed by atoms with van der Waals surface area (Å²) in [5.74, 6) is -0.263. The zero-order valence-corrected chi connectivity index (χ0v) is 13.1. The van der Waals surface area contributed by atoms with E-state index in [-0.39, 0.29) is 18.2 Å². The molecule has 0 fully saturated rings. The average Bonchev–Trinajstić information content (AvgIpc) is 2.42. The first kappa shape index (κ1) is 19.4. The summed E-state index contributed by atoms with van der Waals surface area (Å²) < 4.78 is 12.7. The second-order valence-corrected chi connectivity index (χ2v) is 5.02. The molecule has 4 heteroatoms. The first-order valence-electron chi connectivity index (χ1n) is 7.38. The fourth-order valence-electron chi connectivity index (χ4n) is 2.07. The normalized spacial score (nSPS) is 11.9. The molecule has 1 atom stereocenters. The third-order valence-electron chi connectivity index (χ3n) is 3.31. The van der Waals surface area contributed by atoms with Crippen molar-refractivity contribution in [3.8, 4) is 0 Å². The Morgan fingerprint density at radius 3 is 2.35 bits per heavy atom. The summed E-state index contributed by atoms with van der Waals surface area (Å²) in [5.41, 5.74) is 0.783. The molecule has 0 radical (unpaired) electrons. The molecule has 1 aromatic carbocycles. The number of benzene rings is 1. The Labute approximate surface area is 128 Å². The van der Waals surface area contributed by atoms with Crippen molar-refractivity contribution in [2.75, 3.05) is 13.1 Å². The van der Waals surface area contributed by atoms with Crippen LogP contribution in [0, 0.1) is 5.82 Å². The maximum Gasteiger partial charge on any atom is 0.123 e. The summed E-state index contributed by atoms with van der Waals surface area (Å²) in [4.78, 5) is 0. The number of aliphatic hydroxyl groups excluding tert-OH is 1. The lowest BCUT2D eigenvalue weighted by Gasteiger charge is -2.11. The fraction of sp³-hybridized carbons (Fsp3) is 0.625. The molecule has 1 aromatic rings. The lowest BCUT2D eigenvalue weighted by atomic mass is 10.1. The summed E-state index contributed by atoms with van der Waals surface area (Å²) in [7, 11) is 0. The van der Waals surface area contributed by atoms with Crippen molar-refractivity contribution in [1.29, 1.82) is 0 Å². The van der Waals surface area contributed by atoms with Gasteiger partial charge < -0.3 is 10.4 Å². The molecule has 20 heavy (non-hydrogen) atoms. The van der Waals surface area contributed by atoms with E-state index in [1.807, 2.05) is 0 Å². The van der Waals surface area contributed by atoms with Gasteiger partial charge in [0.15, 0.2) is 0 Å². The molecular formula is C16H27ClFNO. The molecule has 0 spiro atoms. The summed E-state index contributed by atoms with van der Waals surface area (Å²) in [6.45, 7) is 4.03. The number of aliphatic hydroxyl groups is 1. The van der Waals surface area contributed by atoms with Crippen LogP contribution in [0.15, 0.2) is 24.3 Å². The molecular weight excluding hydrogens is 277 g/mol. The van der Waals surface area contributed by atoms with Crippen molar-refractivity contribution < 1.29 is 9.50 Å². The highest BCUT2D eigenvalue weighted by Gasteiger charge is 2.06. The quantitative estimate of drug-likeness (QED) is 0.634. The zero-order valence-electron chi connectivity index (χ0n) is 12.3. The smallest absolute Gasteiger partial charge is 0.123 e. The average molecular weight is 304 g/mol. The highest BCUT2D eigenvalue weighted by Crippen LogP contribution is 2.16. The van der Waals surface area contributed by atoms with Gasteiger partial charge in [0.2, 0.25) is 0 Å². The molecule has 2 N–H and O–H groups in total. The first-order chi connectivity index (χ1) is 9.24. The Hall–Kier alpha value is -0.640. The highest BCUT2D eigenvalue weighted by atomic mass is 35.5. The second kappa shape index (κ2) is 12.1. The molecule has 0 aliphatic carbocycles. The molecule has 116 valence electrons. The van der Waals surface area contributed by atoms with E-state index in [0.717, 1.165) is 18.7 Å². The lowest BCUT2D eigenvalue weighted by Crippen LogP contribution is -2.18. The summed E-state index contributed by atoms with van der Waals surface area (Å²) in [6.07, 6.45) is 6.55. The standard InChI is InChI=1S/C16H26FNO.ClH/c1-2-3-4-5-6-12-18-13-11-16(19)14-7-9-15(17)10-8-14;/h7-10,16,18-19H,2-6,11-13H2,1H3;1H. The molecule has 0 aromatic heterocycles. The largest absolute Gasteiger partial charge is 0.388 e. The van der Waals surface area contributed by atoms with E-state index in [0.29, 0.717) is 6.42 Å². The van der Waals surface area contributed by atoms with Crippen LogP contribution in [0.5, 0.6) is 0 Å². The second-order valence-electron chi connectivity index (χ2n) is 5.02. The molecule has 0 aliphatic rings. The van der Waals surface area contributed by atoms with E-state index in [2.05, 4.69) is 12.2 Å². The van der Waals surface area contributed by atoms with Gasteiger partial charge >= 0.3 is 0 Å². The minimum absolute atomic E-state index is 0. The molecule has 1 unspecified atom stereocenters. The molecule has 0 saturated heterocycles. The van der Waals surface area contributed by atoms with Crippen LogP contribution >= 0.6 is 12.4 Å². The van der Waals surface area contributed by atoms with Crippen LogP contribution in [0.2, 0.25) is 0 Å². The van der Waals surface area contributed by atoms with Gasteiger partial charge in [-0.1, -0.05) is 44.7 Å². The topological polar surface area (TPSA) is 32.3 Å². The predicted molar refractivity (Wildman–Crippen MR) is 84.9 cm³/mol. The number of hydrogen-bond acceptors (Lipinski definition) is 2. The van der Waals surface area contributed by atoms with Crippen molar-refractivity contribution in [1.82, 2.24) is 5.32 Å². The van der Waals surface area contributed by atoms with E-state index >= 15 is 0 Å². The van der Waals surface area contributed by atoms with Gasteiger partial charge in [0.25, 0.3) is 0 Å². The van der Waals surface area contributed by atoms with E-state index in [9.17, 15) is 9.50 Å². The van der Waals surface area contributed by atoms with E-state index < -0.39 is 6.10 Å². The summed E-state index contributed by atoms with van der Waals surface area (Å²) >= 11 is 0. The lowest BCUT2D eigenvalue weighted by molar-refractivity contribution is 0.167.